The second-order valence-corrected chi connectivity index (χ2v) is 14.2. The molecule has 7 aromatic rings. The molecule has 0 amide bonds. The summed E-state index contributed by atoms with van der Waals surface area (Å²) < 4.78 is 0. The number of hydrogen-bond donors (Lipinski definition) is 0. The molecular formula is C37H34SiZr. The molecule has 0 aliphatic carbocycles. The predicted octanol–water partition coefficient (Wildman–Crippen LogP) is 8.35. The van der Waals surface area contributed by atoms with E-state index in [1.807, 2.05) is 0 Å². The van der Waals surface area contributed by atoms with E-state index in [-0.39, 0.29) is 41.1 Å². The first kappa shape index (κ1) is 28.9. The molecule has 0 N–H and O–H groups in total. The minimum absolute atomic E-state index is 0. The second-order valence-electron chi connectivity index (χ2n) is 10.4. The number of benzene rings is 5. The van der Waals surface area contributed by atoms with E-state index in [9.17, 15) is 0 Å². The van der Waals surface area contributed by atoms with Crippen LogP contribution in [0.4, 0.5) is 0 Å². The fourth-order valence-corrected chi connectivity index (χ4v) is 11.8. The van der Waals surface area contributed by atoms with E-state index in [4.69, 9.17) is 0 Å². The number of aryl methyl sites for hydroxylation is 2. The van der Waals surface area contributed by atoms with Crippen LogP contribution in [0.1, 0.15) is 11.1 Å². The molecular weight excluding hydrogens is 564 g/mol. The Morgan fingerprint density at radius 2 is 0.923 bits per heavy atom. The molecule has 0 aliphatic rings. The van der Waals surface area contributed by atoms with Crippen LogP contribution in [0.15, 0.2) is 115 Å². The van der Waals surface area contributed by atoms with Crippen LogP contribution in [-0.4, -0.2) is 8.07 Å². The van der Waals surface area contributed by atoms with E-state index in [1.165, 1.54) is 59.4 Å². The summed E-state index contributed by atoms with van der Waals surface area (Å²) >= 11 is 0. The average molecular weight is 598 g/mol. The van der Waals surface area contributed by atoms with Gasteiger partial charge in [-0.15, -0.1) is 56.9 Å². The zero-order valence-electron chi connectivity index (χ0n) is 23.5. The minimum Gasteiger partial charge on any atom is -0.358 e. The molecule has 7 aromatic carbocycles. The Morgan fingerprint density at radius 3 is 1.38 bits per heavy atom. The topological polar surface area (TPSA) is 0 Å². The van der Waals surface area contributed by atoms with E-state index in [0.717, 1.165) is 0 Å². The van der Waals surface area contributed by atoms with Gasteiger partial charge in [0, 0.05) is 8.07 Å². The third kappa shape index (κ3) is 4.21. The third-order valence-electron chi connectivity index (χ3n) is 8.31. The predicted molar refractivity (Wildman–Crippen MR) is 173 cm³/mol. The summed E-state index contributed by atoms with van der Waals surface area (Å²) in [5, 5.41) is 15.5. The van der Waals surface area contributed by atoms with Gasteiger partial charge in [-0.2, -0.15) is 10.4 Å². The largest absolute Gasteiger partial charge is 4.00 e. The van der Waals surface area contributed by atoms with Gasteiger partial charge in [-0.05, 0) is 10.8 Å². The van der Waals surface area contributed by atoms with Crippen LogP contribution >= 0.6 is 0 Å². The van der Waals surface area contributed by atoms with Crippen LogP contribution in [0.3, 0.4) is 0 Å². The SMILES string of the molecule is Cc1[cH-]c2ccc3ccccc3c2c1[Si](C)(c1ccccc1)c1c(C)[cH-]c2ccc3ccccc3c12.[CH3-].[CH3-].[Zr+4]. The summed E-state index contributed by atoms with van der Waals surface area (Å²) in [7, 11) is -2.43. The van der Waals surface area contributed by atoms with Gasteiger partial charge in [-0.25, -0.2) is 0 Å². The van der Waals surface area contributed by atoms with Crippen LogP contribution in [0.25, 0.3) is 43.1 Å². The van der Waals surface area contributed by atoms with Crippen molar-refractivity contribution >= 4 is 66.7 Å². The van der Waals surface area contributed by atoms with E-state index >= 15 is 0 Å². The number of rotatable bonds is 3. The van der Waals surface area contributed by atoms with Gasteiger partial charge < -0.3 is 14.9 Å². The summed E-state index contributed by atoms with van der Waals surface area (Å²) in [5.41, 5.74) is 2.82. The summed E-state index contributed by atoms with van der Waals surface area (Å²) in [6.07, 6.45) is 0. The Balaban J connectivity index is 0.00000118. The quantitative estimate of drug-likeness (QED) is 0.142. The maximum absolute atomic E-state index is 2.59. The van der Waals surface area contributed by atoms with Gasteiger partial charge >= 0.3 is 26.2 Å². The normalized spacial score (nSPS) is 11.4. The molecule has 2 heteroatoms. The second kappa shape index (κ2) is 10.8. The smallest absolute Gasteiger partial charge is 0.358 e. The first-order valence-electron chi connectivity index (χ1n) is 12.8. The van der Waals surface area contributed by atoms with Crippen molar-refractivity contribution in [3.63, 3.8) is 0 Å². The molecule has 0 nitrogen and oxygen atoms in total. The Hall–Kier alpha value is -3.06. The van der Waals surface area contributed by atoms with Gasteiger partial charge in [0.15, 0.2) is 0 Å². The monoisotopic (exact) mass is 596 g/mol. The Bertz CT molecular complexity index is 1800. The van der Waals surface area contributed by atoms with Crippen LogP contribution in [-0.2, 0) is 26.2 Å². The van der Waals surface area contributed by atoms with Crippen molar-refractivity contribution in [2.24, 2.45) is 0 Å². The average Bonchev–Trinajstić information content (AvgIpc) is 3.45. The van der Waals surface area contributed by atoms with E-state index in [0.29, 0.717) is 0 Å². The first-order valence-corrected chi connectivity index (χ1v) is 15.3. The summed E-state index contributed by atoms with van der Waals surface area (Å²) in [4.78, 5) is 0. The molecule has 7 rings (SSSR count). The van der Waals surface area contributed by atoms with Crippen LogP contribution in [0.2, 0.25) is 6.55 Å². The minimum atomic E-state index is -2.43. The molecule has 0 aliphatic heterocycles. The molecule has 0 atom stereocenters. The summed E-state index contributed by atoms with van der Waals surface area (Å²) in [6.45, 7) is 7.25. The Kier molecular flexibility index (Phi) is 8.04. The molecule has 0 unspecified atom stereocenters. The maximum Gasteiger partial charge on any atom is 4.00 e. The maximum atomic E-state index is 2.59. The molecule has 0 heterocycles. The van der Waals surface area contributed by atoms with Gasteiger partial charge in [-0.3, -0.25) is 0 Å². The van der Waals surface area contributed by atoms with Gasteiger partial charge in [0.2, 0.25) is 0 Å². The van der Waals surface area contributed by atoms with Crippen molar-refractivity contribution in [1.29, 1.82) is 0 Å². The van der Waals surface area contributed by atoms with Crippen molar-refractivity contribution in [2.45, 2.75) is 20.4 Å². The van der Waals surface area contributed by atoms with Crippen molar-refractivity contribution < 1.29 is 26.2 Å². The molecule has 0 spiro atoms. The molecule has 0 fully saturated rings. The van der Waals surface area contributed by atoms with E-state index in [1.54, 1.807) is 10.4 Å². The van der Waals surface area contributed by atoms with Gasteiger partial charge in [-0.1, -0.05) is 127 Å². The van der Waals surface area contributed by atoms with Crippen LogP contribution in [0, 0.1) is 28.7 Å². The Labute approximate surface area is 253 Å². The fraction of sp³-hybridized carbons (Fsp3) is 0.0811. The molecule has 0 saturated heterocycles. The Morgan fingerprint density at radius 1 is 0.513 bits per heavy atom. The zero-order chi connectivity index (χ0) is 24.4. The van der Waals surface area contributed by atoms with Crippen LogP contribution < -0.4 is 15.6 Å². The van der Waals surface area contributed by atoms with Gasteiger partial charge in [0.1, 0.15) is 0 Å². The van der Waals surface area contributed by atoms with Crippen molar-refractivity contribution in [2.75, 3.05) is 0 Å². The number of hydrogen-bond acceptors (Lipinski definition) is 0. The van der Waals surface area contributed by atoms with E-state index < -0.39 is 8.07 Å². The van der Waals surface area contributed by atoms with Crippen molar-refractivity contribution in [3.8, 4) is 0 Å². The van der Waals surface area contributed by atoms with Gasteiger partial charge in [0.05, 0.1) is 0 Å². The summed E-state index contributed by atoms with van der Waals surface area (Å²) in [6, 6.07) is 43.2. The van der Waals surface area contributed by atoms with E-state index in [2.05, 4.69) is 136 Å². The first-order chi connectivity index (χ1) is 17.6. The summed E-state index contributed by atoms with van der Waals surface area (Å²) in [5.74, 6) is 0. The molecule has 190 valence electrons. The zero-order valence-corrected chi connectivity index (χ0v) is 26.9. The van der Waals surface area contributed by atoms with Crippen molar-refractivity contribution in [3.05, 3.63) is 141 Å². The third-order valence-corrected chi connectivity index (χ3v) is 13.1. The van der Waals surface area contributed by atoms with Crippen LogP contribution in [0.5, 0.6) is 0 Å². The van der Waals surface area contributed by atoms with Gasteiger partial charge in [0.25, 0.3) is 0 Å². The fourth-order valence-electron chi connectivity index (χ4n) is 6.85. The number of fused-ring (bicyclic) bond motifs is 6. The van der Waals surface area contributed by atoms with Crippen molar-refractivity contribution in [1.82, 2.24) is 0 Å². The molecule has 0 bridgehead atoms. The molecule has 39 heavy (non-hydrogen) atoms. The molecule has 0 saturated carbocycles. The molecule has 0 aromatic heterocycles. The molecule has 0 radical (unpaired) electrons. The standard InChI is InChI=1S/C35H28Si.2CH3.Zr/c1-23-21-27-19-17-25-11-7-9-15-30(25)32(27)34(23)36(3,29-13-5-4-6-14-29)35-24(2)22-28-20-18-26-12-8-10-16-31(26)33(28)35;;;/h4-22H,1-3H3;2*1H3;/q-2;2*-1;+4.